The van der Waals surface area contributed by atoms with Gasteiger partial charge in [0.25, 0.3) is 0 Å². The molecule has 0 atom stereocenters. The Kier molecular flexibility index (Phi) is 10.9. The van der Waals surface area contributed by atoms with Crippen LogP contribution in [0.3, 0.4) is 0 Å². The molecule has 0 aliphatic rings. The van der Waals surface area contributed by atoms with E-state index in [9.17, 15) is 4.79 Å². The Morgan fingerprint density at radius 3 is 2.50 bits per heavy atom. The molecule has 26 heavy (non-hydrogen) atoms. The first-order valence-electron chi connectivity index (χ1n) is 8.99. The van der Waals surface area contributed by atoms with Crippen LogP contribution in [0.2, 0.25) is 0 Å². The van der Waals surface area contributed by atoms with Gasteiger partial charge in [-0.25, -0.2) is 4.99 Å². The lowest BCUT2D eigenvalue weighted by molar-refractivity contribution is -0.127. The molecular formula is C19H32N4O3. The lowest BCUT2D eigenvalue weighted by atomic mass is 10.2. The maximum absolute atomic E-state index is 11.8. The molecule has 0 unspecified atom stereocenters. The number of carbonyl (C=O) groups is 1. The fourth-order valence-corrected chi connectivity index (χ4v) is 2.07. The van der Waals surface area contributed by atoms with Crippen LogP contribution in [0.4, 0.5) is 0 Å². The summed E-state index contributed by atoms with van der Waals surface area (Å²) >= 11 is 0. The monoisotopic (exact) mass is 364 g/mol. The summed E-state index contributed by atoms with van der Waals surface area (Å²) in [5.41, 5.74) is 1.07. The van der Waals surface area contributed by atoms with Crippen molar-refractivity contribution >= 4 is 11.9 Å². The van der Waals surface area contributed by atoms with E-state index in [-0.39, 0.29) is 12.5 Å². The number of methoxy groups -OCH3 is 1. The van der Waals surface area contributed by atoms with E-state index in [4.69, 9.17) is 9.47 Å². The van der Waals surface area contributed by atoms with Crippen LogP contribution in [0.15, 0.2) is 29.3 Å². The van der Waals surface area contributed by atoms with Gasteiger partial charge in [-0.3, -0.25) is 4.79 Å². The Balaban J connectivity index is 2.54. The number of ether oxygens (including phenoxy) is 2. The highest BCUT2D eigenvalue weighted by atomic mass is 16.5. The topological polar surface area (TPSA) is 75.2 Å². The highest BCUT2D eigenvalue weighted by Gasteiger charge is 2.06. The van der Waals surface area contributed by atoms with Crippen LogP contribution in [0.1, 0.15) is 25.3 Å². The van der Waals surface area contributed by atoms with Gasteiger partial charge in [0.2, 0.25) is 5.91 Å². The minimum atomic E-state index is 0.000272. The molecular weight excluding hydrogens is 332 g/mol. The number of unbranched alkanes of at least 4 members (excludes halogenated alkanes) is 1. The zero-order valence-electron chi connectivity index (χ0n) is 16.4. The van der Waals surface area contributed by atoms with E-state index in [2.05, 4.69) is 15.6 Å². The summed E-state index contributed by atoms with van der Waals surface area (Å²) in [6.45, 7) is 5.01. The van der Waals surface area contributed by atoms with Gasteiger partial charge in [0, 0.05) is 33.9 Å². The molecule has 7 heteroatoms. The van der Waals surface area contributed by atoms with E-state index in [0.29, 0.717) is 12.5 Å². The third-order valence-electron chi connectivity index (χ3n) is 3.70. The van der Waals surface area contributed by atoms with Crippen LogP contribution < -0.4 is 15.4 Å². The van der Waals surface area contributed by atoms with Crippen LogP contribution in [-0.4, -0.2) is 64.3 Å². The van der Waals surface area contributed by atoms with Crippen molar-refractivity contribution in [3.63, 3.8) is 0 Å². The highest BCUT2D eigenvalue weighted by Crippen LogP contribution is 2.11. The van der Waals surface area contributed by atoms with Crippen molar-refractivity contribution in [1.82, 2.24) is 15.5 Å². The summed E-state index contributed by atoms with van der Waals surface area (Å²) < 4.78 is 10.5. The first-order valence-corrected chi connectivity index (χ1v) is 8.99. The van der Waals surface area contributed by atoms with Crippen molar-refractivity contribution in [2.45, 2.75) is 26.3 Å². The summed E-state index contributed by atoms with van der Waals surface area (Å²) in [5.74, 6) is 1.45. The molecule has 0 aliphatic carbocycles. The third kappa shape index (κ3) is 9.27. The van der Waals surface area contributed by atoms with E-state index in [1.807, 2.05) is 31.2 Å². The SMILES string of the molecule is CCOCCCCNC(=NCc1ccc(OC)cc1)NCC(=O)N(C)C. The number of guanidine groups is 1. The summed E-state index contributed by atoms with van der Waals surface area (Å²) in [6.07, 6.45) is 1.97. The standard InChI is InChI=1S/C19H32N4O3/c1-5-26-13-7-6-12-20-19(22-15-18(24)23(2)3)21-14-16-8-10-17(25-4)11-9-16/h8-11H,5-7,12-15H2,1-4H3,(H2,20,21,22). The molecule has 0 aromatic heterocycles. The summed E-state index contributed by atoms with van der Waals surface area (Å²) in [7, 11) is 5.12. The highest BCUT2D eigenvalue weighted by molar-refractivity contribution is 5.86. The molecule has 2 N–H and O–H groups in total. The molecule has 0 saturated heterocycles. The van der Waals surface area contributed by atoms with E-state index in [0.717, 1.165) is 43.9 Å². The number of rotatable bonds is 11. The maximum Gasteiger partial charge on any atom is 0.241 e. The normalized spacial score (nSPS) is 11.2. The molecule has 0 bridgehead atoms. The first-order chi connectivity index (χ1) is 12.6. The van der Waals surface area contributed by atoms with Crippen LogP contribution in [0.5, 0.6) is 5.75 Å². The molecule has 1 rings (SSSR count). The van der Waals surface area contributed by atoms with Crippen molar-refractivity contribution in [3.05, 3.63) is 29.8 Å². The van der Waals surface area contributed by atoms with Crippen molar-refractivity contribution in [3.8, 4) is 5.75 Å². The lowest BCUT2D eigenvalue weighted by Gasteiger charge is -2.15. The second-order valence-corrected chi connectivity index (χ2v) is 5.99. The van der Waals surface area contributed by atoms with Gasteiger partial charge in [-0.2, -0.15) is 0 Å². The van der Waals surface area contributed by atoms with Crippen molar-refractivity contribution in [1.29, 1.82) is 0 Å². The van der Waals surface area contributed by atoms with Crippen LogP contribution in [0.25, 0.3) is 0 Å². The summed E-state index contributed by atoms with van der Waals surface area (Å²) in [4.78, 5) is 17.9. The predicted molar refractivity (Wildman–Crippen MR) is 105 cm³/mol. The molecule has 1 aromatic carbocycles. The fraction of sp³-hybridized carbons (Fsp3) is 0.579. The molecule has 0 radical (unpaired) electrons. The second kappa shape index (κ2) is 13.0. The largest absolute Gasteiger partial charge is 0.497 e. The molecule has 0 spiro atoms. The minimum Gasteiger partial charge on any atom is -0.497 e. The number of aliphatic imine (C=N–C) groups is 1. The zero-order valence-corrected chi connectivity index (χ0v) is 16.4. The molecule has 0 saturated carbocycles. The number of benzene rings is 1. The minimum absolute atomic E-state index is 0.000272. The average molecular weight is 364 g/mol. The van der Waals surface area contributed by atoms with Crippen LogP contribution in [0, 0.1) is 0 Å². The van der Waals surface area contributed by atoms with Gasteiger partial charge < -0.3 is 25.0 Å². The Hall–Kier alpha value is -2.28. The molecule has 7 nitrogen and oxygen atoms in total. The van der Waals surface area contributed by atoms with Crippen molar-refractivity contribution in [2.75, 3.05) is 47.5 Å². The summed E-state index contributed by atoms with van der Waals surface area (Å²) in [6, 6.07) is 7.78. The Morgan fingerprint density at radius 1 is 1.15 bits per heavy atom. The number of hydrogen-bond acceptors (Lipinski definition) is 4. The molecule has 146 valence electrons. The van der Waals surface area contributed by atoms with E-state index >= 15 is 0 Å². The average Bonchev–Trinajstić information content (AvgIpc) is 2.66. The smallest absolute Gasteiger partial charge is 0.241 e. The zero-order chi connectivity index (χ0) is 19.2. The van der Waals surface area contributed by atoms with Gasteiger partial charge in [-0.15, -0.1) is 0 Å². The number of hydrogen-bond donors (Lipinski definition) is 2. The third-order valence-corrected chi connectivity index (χ3v) is 3.70. The van der Waals surface area contributed by atoms with Crippen LogP contribution in [-0.2, 0) is 16.1 Å². The number of carbonyl (C=O) groups excluding carboxylic acids is 1. The van der Waals surface area contributed by atoms with Gasteiger partial charge in [0.05, 0.1) is 20.2 Å². The number of nitrogens with zero attached hydrogens (tertiary/aromatic N) is 2. The fourth-order valence-electron chi connectivity index (χ4n) is 2.07. The molecule has 1 aromatic rings. The lowest BCUT2D eigenvalue weighted by Crippen LogP contribution is -2.43. The van der Waals surface area contributed by atoms with Crippen molar-refractivity contribution in [2.24, 2.45) is 4.99 Å². The van der Waals surface area contributed by atoms with Gasteiger partial charge >= 0.3 is 0 Å². The van der Waals surface area contributed by atoms with Gasteiger partial charge in [-0.1, -0.05) is 12.1 Å². The van der Waals surface area contributed by atoms with E-state index in [1.165, 1.54) is 0 Å². The van der Waals surface area contributed by atoms with Crippen molar-refractivity contribution < 1.29 is 14.3 Å². The van der Waals surface area contributed by atoms with Gasteiger partial charge in [0.1, 0.15) is 5.75 Å². The Labute approximate surface area is 156 Å². The molecule has 0 heterocycles. The Bertz CT molecular complexity index is 544. The molecule has 0 fully saturated rings. The van der Waals surface area contributed by atoms with E-state index < -0.39 is 0 Å². The maximum atomic E-state index is 11.8. The molecule has 1 amide bonds. The second-order valence-electron chi connectivity index (χ2n) is 5.99. The first kappa shape index (κ1) is 21.8. The molecule has 0 aliphatic heterocycles. The number of likely N-dealkylation sites (N-methyl/N-ethyl adjacent to an activating group) is 1. The van der Waals surface area contributed by atoms with E-state index in [1.54, 1.807) is 26.1 Å². The van der Waals surface area contributed by atoms with Gasteiger partial charge in [-0.05, 0) is 37.5 Å². The predicted octanol–water partition coefficient (Wildman–Crippen LogP) is 1.64. The van der Waals surface area contributed by atoms with Gasteiger partial charge in [0.15, 0.2) is 5.96 Å². The van der Waals surface area contributed by atoms with Crippen LogP contribution >= 0.6 is 0 Å². The number of nitrogens with one attached hydrogen (secondary N) is 2. The number of amides is 1. The summed E-state index contributed by atoms with van der Waals surface area (Å²) in [5, 5.41) is 6.36. The quantitative estimate of drug-likeness (QED) is 0.355. The Morgan fingerprint density at radius 2 is 1.88 bits per heavy atom.